The van der Waals surface area contributed by atoms with Crippen LogP contribution in [-0.2, 0) is 20.6 Å². The Morgan fingerprint density at radius 2 is 1.81 bits per heavy atom. The molecule has 7 heteroatoms. The first kappa shape index (κ1) is 15.8. The fourth-order valence-corrected chi connectivity index (χ4v) is 3.97. The molecule has 1 aliphatic rings. The van der Waals surface area contributed by atoms with Gasteiger partial charge in [0.2, 0.25) is 15.9 Å². The second-order valence-electron chi connectivity index (χ2n) is 5.26. The monoisotopic (exact) mass is 311 g/mol. The van der Waals surface area contributed by atoms with Crippen LogP contribution in [0.3, 0.4) is 0 Å². The minimum atomic E-state index is -3.37. The molecule has 0 aromatic heterocycles. The second kappa shape index (κ2) is 6.44. The van der Waals surface area contributed by atoms with E-state index in [2.05, 4.69) is 0 Å². The lowest BCUT2D eigenvalue weighted by Gasteiger charge is -2.21. The molecule has 116 valence electrons. The van der Waals surface area contributed by atoms with Crippen molar-refractivity contribution in [1.82, 2.24) is 9.21 Å². The number of rotatable bonds is 3. The SMILES string of the molecule is CC(=O)N1CCCN(S(=O)(=O)Cc2ccc(N)cc2)CC1. The minimum absolute atomic E-state index is 0.00668. The molecule has 0 radical (unpaired) electrons. The number of carbonyl (C=O) groups is 1. The van der Waals surface area contributed by atoms with E-state index in [1.165, 1.54) is 11.2 Å². The van der Waals surface area contributed by atoms with E-state index in [4.69, 9.17) is 5.73 Å². The number of hydrogen-bond acceptors (Lipinski definition) is 4. The zero-order chi connectivity index (χ0) is 15.5. The van der Waals surface area contributed by atoms with Gasteiger partial charge in [-0.1, -0.05) is 12.1 Å². The number of carbonyl (C=O) groups excluding carboxylic acids is 1. The van der Waals surface area contributed by atoms with Crippen molar-refractivity contribution < 1.29 is 13.2 Å². The van der Waals surface area contributed by atoms with Crippen molar-refractivity contribution in [3.8, 4) is 0 Å². The number of nitrogens with zero attached hydrogens (tertiary/aromatic N) is 2. The molecule has 1 saturated heterocycles. The van der Waals surface area contributed by atoms with Gasteiger partial charge in [-0.05, 0) is 24.1 Å². The molecular formula is C14H21N3O3S. The number of hydrogen-bond donors (Lipinski definition) is 1. The summed E-state index contributed by atoms with van der Waals surface area (Å²) >= 11 is 0. The first-order chi connectivity index (χ1) is 9.88. The van der Waals surface area contributed by atoms with Gasteiger partial charge in [-0.2, -0.15) is 4.31 Å². The molecule has 1 amide bonds. The van der Waals surface area contributed by atoms with Crippen molar-refractivity contribution in [2.45, 2.75) is 19.1 Å². The van der Waals surface area contributed by atoms with E-state index in [-0.39, 0.29) is 11.7 Å². The summed E-state index contributed by atoms with van der Waals surface area (Å²) in [6.07, 6.45) is 0.667. The number of sulfonamides is 1. The lowest BCUT2D eigenvalue weighted by Crippen LogP contribution is -2.37. The molecule has 0 atom stereocenters. The van der Waals surface area contributed by atoms with Gasteiger partial charge in [0.05, 0.1) is 5.75 Å². The summed E-state index contributed by atoms with van der Waals surface area (Å²) in [5, 5.41) is 0. The molecule has 1 aromatic rings. The zero-order valence-electron chi connectivity index (χ0n) is 12.2. The van der Waals surface area contributed by atoms with Crippen molar-refractivity contribution in [3.63, 3.8) is 0 Å². The van der Waals surface area contributed by atoms with Crippen molar-refractivity contribution in [3.05, 3.63) is 29.8 Å². The lowest BCUT2D eigenvalue weighted by atomic mass is 10.2. The van der Waals surface area contributed by atoms with E-state index in [0.717, 1.165) is 5.56 Å². The third kappa shape index (κ3) is 4.18. The Morgan fingerprint density at radius 1 is 1.14 bits per heavy atom. The molecule has 0 spiro atoms. The number of benzene rings is 1. The molecule has 2 N–H and O–H groups in total. The topological polar surface area (TPSA) is 83.7 Å². The highest BCUT2D eigenvalue weighted by molar-refractivity contribution is 7.88. The van der Waals surface area contributed by atoms with Crippen LogP contribution in [0.4, 0.5) is 5.69 Å². The van der Waals surface area contributed by atoms with E-state index >= 15 is 0 Å². The first-order valence-corrected chi connectivity index (χ1v) is 8.57. The van der Waals surface area contributed by atoms with Crippen LogP contribution in [-0.4, -0.2) is 49.7 Å². The predicted molar refractivity (Wildman–Crippen MR) is 81.9 cm³/mol. The normalized spacial score (nSPS) is 17.5. The maximum Gasteiger partial charge on any atom is 0.219 e. The average molecular weight is 311 g/mol. The van der Waals surface area contributed by atoms with Gasteiger partial charge in [0.25, 0.3) is 0 Å². The molecule has 1 aromatic carbocycles. The highest BCUT2D eigenvalue weighted by atomic mass is 32.2. The summed E-state index contributed by atoms with van der Waals surface area (Å²) in [5.41, 5.74) is 6.93. The Balaban J connectivity index is 2.05. The third-order valence-corrected chi connectivity index (χ3v) is 5.47. The van der Waals surface area contributed by atoms with Crippen LogP contribution < -0.4 is 5.73 Å². The summed E-state index contributed by atoms with van der Waals surface area (Å²) in [6, 6.07) is 6.86. The van der Waals surface area contributed by atoms with Crippen molar-refractivity contribution >= 4 is 21.6 Å². The van der Waals surface area contributed by atoms with E-state index in [0.29, 0.717) is 38.3 Å². The third-order valence-electron chi connectivity index (χ3n) is 3.62. The second-order valence-corrected chi connectivity index (χ2v) is 7.23. The molecule has 0 aliphatic carbocycles. The van der Waals surface area contributed by atoms with Crippen LogP contribution in [0.15, 0.2) is 24.3 Å². The first-order valence-electron chi connectivity index (χ1n) is 6.96. The van der Waals surface area contributed by atoms with E-state index in [1.54, 1.807) is 29.2 Å². The molecule has 1 fully saturated rings. The van der Waals surface area contributed by atoms with E-state index < -0.39 is 10.0 Å². The Hall–Kier alpha value is -1.60. The zero-order valence-corrected chi connectivity index (χ0v) is 13.0. The number of anilines is 1. The van der Waals surface area contributed by atoms with Crippen LogP contribution in [0.5, 0.6) is 0 Å². The summed E-state index contributed by atoms with van der Waals surface area (Å²) in [4.78, 5) is 13.1. The summed E-state index contributed by atoms with van der Waals surface area (Å²) in [5.74, 6) is -0.0411. The lowest BCUT2D eigenvalue weighted by molar-refractivity contribution is -0.128. The molecule has 2 rings (SSSR count). The van der Waals surface area contributed by atoms with Gasteiger partial charge in [0.15, 0.2) is 0 Å². The molecule has 1 heterocycles. The van der Waals surface area contributed by atoms with Gasteiger partial charge >= 0.3 is 0 Å². The number of nitrogen functional groups attached to an aromatic ring is 1. The molecule has 0 unspecified atom stereocenters. The van der Waals surface area contributed by atoms with Gasteiger partial charge < -0.3 is 10.6 Å². The average Bonchev–Trinajstić information content (AvgIpc) is 2.67. The Bertz CT molecular complexity index is 598. The van der Waals surface area contributed by atoms with Gasteiger partial charge in [0.1, 0.15) is 0 Å². The maximum absolute atomic E-state index is 12.5. The Labute approximate surface area is 125 Å². The van der Waals surface area contributed by atoms with Gasteiger partial charge in [-0.25, -0.2) is 8.42 Å². The predicted octanol–water partition coefficient (Wildman–Crippen LogP) is 0.653. The summed E-state index contributed by atoms with van der Waals surface area (Å²) in [7, 11) is -3.37. The molecule has 21 heavy (non-hydrogen) atoms. The summed E-state index contributed by atoms with van der Waals surface area (Å²) in [6.45, 7) is 3.40. The van der Waals surface area contributed by atoms with Gasteiger partial charge in [-0.15, -0.1) is 0 Å². The number of amides is 1. The fraction of sp³-hybridized carbons (Fsp3) is 0.500. The van der Waals surface area contributed by atoms with Crippen LogP contribution in [0.2, 0.25) is 0 Å². The highest BCUT2D eigenvalue weighted by Gasteiger charge is 2.25. The van der Waals surface area contributed by atoms with Crippen LogP contribution >= 0.6 is 0 Å². The van der Waals surface area contributed by atoms with Crippen molar-refractivity contribution in [2.24, 2.45) is 0 Å². The number of nitrogens with two attached hydrogens (primary N) is 1. The van der Waals surface area contributed by atoms with Crippen LogP contribution in [0, 0.1) is 0 Å². The molecule has 6 nitrogen and oxygen atoms in total. The Morgan fingerprint density at radius 3 is 2.43 bits per heavy atom. The molecule has 1 aliphatic heterocycles. The van der Waals surface area contributed by atoms with E-state index in [1.807, 2.05) is 0 Å². The molecule has 0 bridgehead atoms. The molecule has 0 saturated carbocycles. The highest BCUT2D eigenvalue weighted by Crippen LogP contribution is 2.15. The van der Waals surface area contributed by atoms with E-state index in [9.17, 15) is 13.2 Å². The fourth-order valence-electron chi connectivity index (χ4n) is 2.40. The van der Waals surface area contributed by atoms with Gasteiger partial charge in [0, 0.05) is 38.8 Å². The van der Waals surface area contributed by atoms with Gasteiger partial charge in [-0.3, -0.25) is 4.79 Å². The minimum Gasteiger partial charge on any atom is -0.399 e. The summed E-state index contributed by atoms with van der Waals surface area (Å²) < 4.78 is 26.4. The smallest absolute Gasteiger partial charge is 0.219 e. The molecular weight excluding hydrogens is 290 g/mol. The standard InChI is InChI=1S/C14H21N3O3S/c1-12(18)16-7-2-8-17(10-9-16)21(19,20)11-13-3-5-14(15)6-4-13/h3-6H,2,7-11,15H2,1H3. The van der Waals surface area contributed by atoms with Crippen molar-refractivity contribution in [1.29, 1.82) is 0 Å². The van der Waals surface area contributed by atoms with Crippen LogP contribution in [0.1, 0.15) is 18.9 Å². The van der Waals surface area contributed by atoms with Crippen molar-refractivity contribution in [2.75, 3.05) is 31.9 Å². The maximum atomic E-state index is 12.5. The largest absolute Gasteiger partial charge is 0.399 e. The van der Waals surface area contributed by atoms with Crippen LogP contribution in [0.25, 0.3) is 0 Å². The quantitative estimate of drug-likeness (QED) is 0.831. The Kier molecular flexibility index (Phi) is 4.84.